The van der Waals surface area contributed by atoms with E-state index >= 15 is 0 Å². The molecule has 0 aliphatic carbocycles. The third kappa shape index (κ3) is 4.58. The normalized spacial score (nSPS) is 10.3. The fraction of sp³-hybridized carbons (Fsp3) is 0.217. The van der Waals surface area contributed by atoms with Gasteiger partial charge in [-0.25, -0.2) is 0 Å². The molecule has 0 amide bonds. The number of methoxy groups -OCH3 is 1. The summed E-state index contributed by atoms with van der Waals surface area (Å²) in [5, 5.41) is 9.40. The Morgan fingerprint density at radius 3 is 2.62 bits per heavy atom. The molecule has 3 aromatic rings. The zero-order chi connectivity index (χ0) is 20.8. The number of hydrogen-bond acceptors (Lipinski definition) is 5. The van der Waals surface area contributed by atoms with Crippen molar-refractivity contribution in [2.75, 3.05) is 13.7 Å². The number of benzene rings is 2. The molecule has 1 heterocycles. The molecule has 0 radical (unpaired) electrons. The van der Waals surface area contributed by atoms with E-state index < -0.39 is 5.56 Å². The molecule has 0 saturated heterocycles. The summed E-state index contributed by atoms with van der Waals surface area (Å²) in [4.78, 5) is 14.8. The molecular formula is C23H22N2O4. The van der Waals surface area contributed by atoms with Gasteiger partial charge in [-0.15, -0.1) is 0 Å². The molecule has 1 aromatic heterocycles. The number of ether oxygens (including phenoxy) is 3. The Labute approximate surface area is 169 Å². The summed E-state index contributed by atoms with van der Waals surface area (Å²) in [6, 6.07) is 16.8. The quantitative estimate of drug-likeness (QED) is 0.653. The first-order valence-corrected chi connectivity index (χ1v) is 9.22. The molecule has 0 fully saturated rings. The van der Waals surface area contributed by atoms with Gasteiger partial charge < -0.3 is 19.2 Å². The lowest BCUT2D eigenvalue weighted by Crippen LogP contribution is -2.12. The van der Waals surface area contributed by atoms with Gasteiger partial charge in [0.05, 0.1) is 13.7 Å². The summed E-state index contributed by atoms with van der Waals surface area (Å²) in [6.07, 6.45) is 0. The van der Waals surface area contributed by atoms with Crippen LogP contribution in [0.25, 0.3) is 11.1 Å². The van der Waals surface area contributed by atoms with Crippen LogP contribution in [-0.4, -0.2) is 18.7 Å². The third-order valence-electron chi connectivity index (χ3n) is 4.36. The standard InChI is InChI=1S/C23H22N2O4/c1-4-28-22-12-17(19-10-15(2)25-23(26)20(19)13-24)8-9-21(22)29-14-16-6-5-7-18(11-16)27-3/h5-12H,4,14H2,1-3H3,(H,25,26). The molecule has 0 atom stereocenters. The highest BCUT2D eigenvalue weighted by Crippen LogP contribution is 2.34. The van der Waals surface area contributed by atoms with Crippen molar-refractivity contribution in [3.8, 4) is 34.4 Å². The van der Waals surface area contributed by atoms with E-state index in [0.29, 0.717) is 41.5 Å². The lowest BCUT2D eigenvalue weighted by Gasteiger charge is -2.14. The summed E-state index contributed by atoms with van der Waals surface area (Å²) >= 11 is 0. The van der Waals surface area contributed by atoms with Crippen molar-refractivity contribution in [1.29, 1.82) is 5.26 Å². The summed E-state index contributed by atoms with van der Waals surface area (Å²) < 4.78 is 16.9. The van der Waals surface area contributed by atoms with Crippen LogP contribution >= 0.6 is 0 Å². The number of aromatic amines is 1. The molecule has 6 heteroatoms. The first kappa shape index (κ1) is 20.0. The van der Waals surface area contributed by atoms with E-state index in [1.54, 1.807) is 32.2 Å². The second-order valence-electron chi connectivity index (χ2n) is 6.42. The number of pyridine rings is 1. The molecule has 1 N–H and O–H groups in total. The monoisotopic (exact) mass is 390 g/mol. The number of aryl methyl sites for hydroxylation is 1. The van der Waals surface area contributed by atoms with Crippen LogP contribution in [-0.2, 0) is 6.61 Å². The SMILES string of the molecule is CCOc1cc(-c2cc(C)[nH]c(=O)c2C#N)ccc1OCc1cccc(OC)c1. The minimum atomic E-state index is -0.404. The lowest BCUT2D eigenvalue weighted by atomic mass is 10.0. The number of H-pyrrole nitrogens is 1. The van der Waals surface area contributed by atoms with Crippen molar-refractivity contribution in [2.24, 2.45) is 0 Å². The van der Waals surface area contributed by atoms with Gasteiger partial charge in [0, 0.05) is 11.3 Å². The smallest absolute Gasteiger partial charge is 0.266 e. The van der Waals surface area contributed by atoms with Gasteiger partial charge in [0.15, 0.2) is 11.5 Å². The lowest BCUT2D eigenvalue weighted by molar-refractivity contribution is 0.269. The number of nitrogens with zero attached hydrogens (tertiary/aromatic N) is 1. The van der Waals surface area contributed by atoms with E-state index in [1.165, 1.54) is 0 Å². The van der Waals surface area contributed by atoms with Crippen molar-refractivity contribution in [2.45, 2.75) is 20.5 Å². The zero-order valence-corrected chi connectivity index (χ0v) is 16.6. The van der Waals surface area contributed by atoms with Gasteiger partial charge in [0.2, 0.25) is 0 Å². The van der Waals surface area contributed by atoms with Crippen LogP contribution in [0.15, 0.2) is 53.3 Å². The Hall–Kier alpha value is -3.72. The number of nitriles is 1. The topological polar surface area (TPSA) is 84.3 Å². The van der Waals surface area contributed by atoms with Crippen LogP contribution < -0.4 is 19.8 Å². The number of nitrogens with one attached hydrogen (secondary N) is 1. The Balaban J connectivity index is 1.94. The maximum Gasteiger partial charge on any atom is 0.266 e. The first-order chi connectivity index (χ1) is 14.0. The first-order valence-electron chi connectivity index (χ1n) is 9.22. The van der Waals surface area contributed by atoms with Crippen LogP contribution in [0.4, 0.5) is 0 Å². The second kappa shape index (κ2) is 8.98. The van der Waals surface area contributed by atoms with Gasteiger partial charge in [0.25, 0.3) is 5.56 Å². The average Bonchev–Trinajstić information content (AvgIpc) is 2.72. The van der Waals surface area contributed by atoms with Crippen LogP contribution in [0.5, 0.6) is 17.2 Å². The van der Waals surface area contributed by atoms with Crippen molar-refractivity contribution in [3.63, 3.8) is 0 Å². The molecule has 2 aromatic carbocycles. The molecule has 29 heavy (non-hydrogen) atoms. The van der Waals surface area contributed by atoms with Crippen molar-refractivity contribution in [1.82, 2.24) is 4.98 Å². The highest BCUT2D eigenvalue weighted by molar-refractivity contribution is 5.72. The molecule has 0 bridgehead atoms. The predicted molar refractivity (Wildman–Crippen MR) is 110 cm³/mol. The molecule has 0 unspecified atom stereocenters. The molecule has 3 rings (SSSR count). The van der Waals surface area contributed by atoms with Gasteiger partial charge in [-0.05, 0) is 55.3 Å². The molecule has 0 aliphatic heterocycles. The predicted octanol–water partition coefficient (Wildman–Crippen LogP) is 4.21. The molecular weight excluding hydrogens is 368 g/mol. The highest BCUT2D eigenvalue weighted by Gasteiger charge is 2.14. The zero-order valence-electron chi connectivity index (χ0n) is 16.6. The fourth-order valence-corrected chi connectivity index (χ4v) is 3.01. The van der Waals surface area contributed by atoms with Gasteiger partial charge in [0.1, 0.15) is 24.0 Å². The van der Waals surface area contributed by atoms with E-state index in [9.17, 15) is 10.1 Å². The average molecular weight is 390 g/mol. The van der Waals surface area contributed by atoms with E-state index in [2.05, 4.69) is 4.98 Å². The number of hydrogen-bond donors (Lipinski definition) is 1. The molecule has 0 aliphatic rings. The number of aromatic nitrogens is 1. The van der Waals surface area contributed by atoms with E-state index in [0.717, 1.165) is 11.3 Å². The van der Waals surface area contributed by atoms with Gasteiger partial charge >= 0.3 is 0 Å². The summed E-state index contributed by atoms with van der Waals surface area (Å²) in [6.45, 7) is 4.47. The van der Waals surface area contributed by atoms with E-state index in [4.69, 9.17) is 14.2 Å². The Morgan fingerprint density at radius 2 is 1.90 bits per heavy atom. The summed E-state index contributed by atoms with van der Waals surface area (Å²) in [5.41, 5.74) is 2.59. The minimum Gasteiger partial charge on any atom is -0.497 e. The Morgan fingerprint density at radius 1 is 1.07 bits per heavy atom. The second-order valence-corrected chi connectivity index (χ2v) is 6.42. The van der Waals surface area contributed by atoms with Gasteiger partial charge in [-0.1, -0.05) is 18.2 Å². The maximum absolute atomic E-state index is 12.1. The van der Waals surface area contributed by atoms with Crippen LogP contribution in [0, 0.1) is 18.3 Å². The Kier molecular flexibility index (Phi) is 6.20. The van der Waals surface area contributed by atoms with Crippen molar-refractivity contribution < 1.29 is 14.2 Å². The molecule has 6 nitrogen and oxygen atoms in total. The van der Waals surface area contributed by atoms with E-state index in [-0.39, 0.29) is 5.56 Å². The van der Waals surface area contributed by atoms with Crippen LogP contribution in [0.3, 0.4) is 0 Å². The minimum absolute atomic E-state index is 0.0723. The Bertz CT molecular complexity index is 1110. The van der Waals surface area contributed by atoms with Crippen molar-refractivity contribution >= 4 is 0 Å². The van der Waals surface area contributed by atoms with Crippen LogP contribution in [0.2, 0.25) is 0 Å². The van der Waals surface area contributed by atoms with Crippen LogP contribution in [0.1, 0.15) is 23.7 Å². The van der Waals surface area contributed by atoms with E-state index in [1.807, 2.05) is 43.3 Å². The molecule has 0 saturated carbocycles. The molecule has 0 spiro atoms. The fourth-order valence-electron chi connectivity index (χ4n) is 3.01. The third-order valence-corrected chi connectivity index (χ3v) is 4.36. The number of rotatable bonds is 7. The summed E-state index contributed by atoms with van der Waals surface area (Å²) in [7, 11) is 1.62. The largest absolute Gasteiger partial charge is 0.497 e. The highest BCUT2D eigenvalue weighted by atomic mass is 16.5. The maximum atomic E-state index is 12.1. The van der Waals surface area contributed by atoms with Gasteiger partial charge in [-0.2, -0.15) is 5.26 Å². The van der Waals surface area contributed by atoms with Gasteiger partial charge in [-0.3, -0.25) is 4.79 Å². The molecule has 148 valence electrons. The van der Waals surface area contributed by atoms with Crippen molar-refractivity contribution in [3.05, 3.63) is 75.7 Å². The summed E-state index contributed by atoms with van der Waals surface area (Å²) in [5.74, 6) is 1.90.